The number of nitrogens with zero attached hydrogens (tertiary/aromatic N) is 1. The SMILES string of the molecule is CC1(C)c2cc(-c3cccc4ccccc34)ccc2-c2ccc(N(c3ccc(C4CC5CCC4C5)cc3)c3cccc4cc(C5CCCCC5)ccc34)cc21. The zero-order valence-corrected chi connectivity index (χ0v) is 32.4. The van der Waals surface area contributed by atoms with Crippen molar-refractivity contribution in [3.63, 3.8) is 0 Å². The first-order chi connectivity index (χ1) is 27.0. The Morgan fingerprint density at radius 3 is 2.05 bits per heavy atom. The van der Waals surface area contributed by atoms with Gasteiger partial charge >= 0.3 is 0 Å². The topological polar surface area (TPSA) is 3.24 Å². The molecule has 2 bridgehead atoms. The number of anilines is 3. The molecule has 0 aromatic heterocycles. The molecule has 0 amide bonds. The third kappa shape index (κ3) is 5.48. The van der Waals surface area contributed by atoms with E-state index in [-0.39, 0.29) is 5.41 Å². The van der Waals surface area contributed by atoms with Gasteiger partial charge < -0.3 is 4.90 Å². The molecule has 3 unspecified atom stereocenters. The first-order valence-electron chi connectivity index (χ1n) is 21.2. The van der Waals surface area contributed by atoms with Gasteiger partial charge in [-0.1, -0.05) is 143 Å². The fourth-order valence-corrected chi connectivity index (χ4v) is 11.6. The van der Waals surface area contributed by atoms with Crippen LogP contribution in [0.5, 0.6) is 0 Å². The Hall–Kier alpha value is -5.14. The molecule has 3 atom stereocenters. The highest BCUT2D eigenvalue weighted by Gasteiger charge is 2.40. The fraction of sp³-hybridized carbons (Fsp3) is 0.296. The Labute approximate surface area is 327 Å². The van der Waals surface area contributed by atoms with E-state index >= 15 is 0 Å². The molecular weight excluding hydrogens is 663 g/mol. The van der Waals surface area contributed by atoms with E-state index in [1.807, 2.05) is 0 Å². The lowest BCUT2D eigenvalue weighted by Gasteiger charge is -2.30. The smallest absolute Gasteiger partial charge is 0.0540 e. The number of hydrogen-bond acceptors (Lipinski definition) is 1. The van der Waals surface area contributed by atoms with Gasteiger partial charge in [0.15, 0.2) is 0 Å². The number of hydrogen-bond donors (Lipinski definition) is 0. The summed E-state index contributed by atoms with van der Waals surface area (Å²) in [5.41, 5.74) is 14.8. The van der Waals surface area contributed by atoms with Crippen LogP contribution in [0.3, 0.4) is 0 Å². The van der Waals surface area contributed by atoms with Crippen molar-refractivity contribution in [1.29, 1.82) is 0 Å². The van der Waals surface area contributed by atoms with E-state index in [0.29, 0.717) is 5.92 Å². The Balaban J connectivity index is 1.02. The van der Waals surface area contributed by atoms with Gasteiger partial charge in [0.2, 0.25) is 0 Å². The minimum absolute atomic E-state index is 0.147. The van der Waals surface area contributed by atoms with Crippen molar-refractivity contribution >= 4 is 38.6 Å². The van der Waals surface area contributed by atoms with E-state index in [9.17, 15) is 0 Å². The van der Waals surface area contributed by atoms with Gasteiger partial charge in [-0.05, 0) is 153 Å². The second-order valence-electron chi connectivity index (χ2n) is 17.9. The molecule has 272 valence electrons. The third-order valence-electron chi connectivity index (χ3n) is 14.5. The molecule has 7 aromatic carbocycles. The molecule has 0 N–H and O–H groups in total. The van der Waals surface area contributed by atoms with Gasteiger partial charge in [-0.3, -0.25) is 0 Å². The Kier molecular flexibility index (Phi) is 7.84. The van der Waals surface area contributed by atoms with Crippen molar-refractivity contribution in [3.8, 4) is 22.3 Å². The van der Waals surface area contributed by atoms with Crippen LogP contribution in [0.4, 0.5) is 17.1 Å². The first kappa shape index (κ1) is 33.2. The fourth-order valence-electron chi connectivity index (χ4n) is 11.6. The Bertz CT molecular complexity index is 2580. The van der Waals surface area contributed by atoms with E-state index < -0.39 is 0 Å². The zero-order valence-electron chi connectivity index (χ0n) is 32.4. The third-order valence-corrected chi connectivity index (χ3v) is 14.5. The molecule has 0 spiro atoms. The van der Waals surface area contributed by atoms with Crippen LogP contribution >= 0.6 is 0 Å². The predicted octanol–water partition coefficient (Wildman–Crippen LogP) is 15.4. The number of rotatable bonds is 6. The van der Waals surface area contributed by atoms with Crippen LogP contribution in [0.2, 0.25) is 0 Å². The lowest BCUT2D eigenvalue weighted by Crippen LogP contribution is -2.17. The first-order valence-corrected chi connectivity index (χ1v) is 21.2. The molecule has 3 fully saturated rings. The van der Waals surface area contributed by atoms with Crippen LogP contribution in [0.25, 0.3) is 43.8 Å². The van der Waals surface area contributed by atoms with Crippen molar-refractivity contribution in [2.45, 2.75) is 88.9 Å². The molecule has 1 heteroatoms. The van der Waals surface area contributed by atoms with Gasteiger partial charge in [-0.25, -0.2) is 0 Å². The predicted molar refractivity (Wildman–Crippen MR) is 233 cm³/mol. The summed E-state index contributed by atoms with van der Waals surface area (Å²) < 4.78 is 0. The molecule has 0 saturated heterocycles. The molecule has 3 saturated carbocycles. The van der Waals surface area contributed by atoms with E-state index in [1.165, 1.54) is 135 Å². The van der Waals surface area contributed by atoms with Crippen molar-refractivity contribution < 1.29 is 0 Å². The molecule has 4 aliphatic carbocycles. The summed E-state index contributed by atoms with van der Waals surface area (Å²) in [6, 6.07) is 54.0. The van der Waals surface area contributed by atoms with Gasteiger partial charge in [0.05, 0.1) is 5.69 Å². The summed E-state index contributed by atoms with van der Waals surface area (Å²) in [6.07, 6.45) is 12.4. The van der Waals surface area contributed by atoms with E-state index in [1.54, 1.807) is 5.56 Å². The second kappa shape index (κ2) is 13.0. The normalized spacial score (nSPS) is 21.2. The number of fused-ring (bicyclic) bond motifs is 7. The molecule has 0 heterocycles. The molecule has 0 radical (unpaired) electrons. The van der Waals surface area contributed by atoms with Crippen LogP contribution in [0, 0.1) is 11.8 Å². The highest BCUT2D eigenvalue weighted by Crippen LogP contribution is 2.54. The van der Waals surface area contributed by atoms with Crippen LogP contribution in [-0.2, 0) is 5.41 Å². The number of benzene rings is 7. The Morgan fingerprint density at radius 2 is 1.24 bits per heavy atom. The summed E-state index contributed by atoms with van der Waals surface area (Å²) in [7, 11) is 0. The lowest BCUT2D eigenvalue weighted by atomic mass is 9.81. The van der Waals surface area contributed by atoms with E-state index in [4.69, 9.17) is 0 Å². The van der Waals surface area contributed by atoms with Crippen LogP contribution < -0.4 is 4.90 Å². The standard InChI is InChI=1S/C54H51N/c1-54(2)51-33-42(46-16-8-13-37-12-6-7-15-45(37)46)23-28-48(51)49-29-26-44(34-52(49)54)55(43-24-20-38(21-25-43)50-31-35-18-19-41(50)30-35)53-17-9-14-40-32-39(22-27-47(40)53)36-10-4-3-5-11-36/h6-9,12-17,20-29,32-36,41,50H,3-5,10-11,18-19,30-31H2,1-2H3. The molecule has 11 rings (SSSR count). The van der Waals surface area contributed by atoms with Gasteiger partial charge in [0.1, 0.15) is 0 Å². The highest BCUT2D eigenvalue weighted by atomic mass is 15.1. The highest BCUT2D eigenvalue weighted by molar-refractivity contribution is 6.00. The second-order valence-corrected chi connectivity index (χ2v) is 17.9. The molecule has 1 nitrogen and oxygen atoms in total. The van der Waals surface area contributed by atoms with E-state index in [0.717, 1.165) is 17.8 Å². The molecule has 4 aliphatic rings. The summed E-state index contributed by atoms with van der Waals surface area (Å²) in [5.74, 6) is 3.25. The van der Waals surface area contributed by atoms with E-state index in [2.05, 4.69) is 158 Å². The minimum atomic E-state index is -0.147. The summed E-state index contributed by atoms with van der Waals surface area (Å²) in [5, 5.41) is 5.26. The quantitative estimate of drug-likeness (QED) is 0.166. The van der Waals surface area contributed by atoms with Crippen molar-refractivity contribution in [2.75, 3.05) is 4.90 Å². The molecular formula is C54H51N. The van der Waals surface area contributed by atoms with Gasteiger partial charge in [-0.2, -0.15) is 0 Å². The minimum Gasteiger partial charge on any atom is -0.310 e. The van der Waals surface area contributed by atoms with Gasteiger partial charge in [0, 0.05) is 22.2 Å². The lowest BCUT2D eigenvalue weighted by molar-refractivity contribution is 0.420. The van der Waals surface area contributed by atoms with Gasteiger partial charge in [-0.15, -0.1) is 0 Å². The Morgan fingerprint density at radius 1 is 0.509 bits per heavy atom. The monoisotopic (exact) mass is 713 g/mol. The summed E-state index contributed by atoms with van der Waals surface area (Å²) in [6.45, 7) is 4.85. The molecule has 55 heavy (non-hydrogen) atoms. The molecule has 0 aliphatic heterocycles. The zero-order chi connectivity index (χ0) is 36.7. The van der Waals surface area contributed by atoms with Crippen LogP contribution in [-0.4, -0.2) is 0 Å². The van der Waals surface area contributed by atoms with Crippen molar-refractivity contribution in [1.82, 2.24) is 0 Å². The van der Waals surface area contributed by atoms with Crippen molar-refractivity contribution in [3.05, 3.63) is 162 Å². The molecule has 7 aromatic rings. The van der Waals surface area contributed by atoms with Crippen LogP contribution in [0.15, 0.2) is 140 Å². The van der Waals surface area contributed by atoms with Gasteiger partial charge in [0.25, 0.3) is 0 Å². The maximum atomic E-state index is 2.55. The maximum absolute atomic E-state index is 2.55. The average molecular weight is 714 g/mol. The average Bonchev–Trinajstić information content (AvgIpc) is 3.94. The van der Waals surface area contributed by atoms with Crippen molar-refractivity contribution in [2.24, 2.45) is 11.8 Å². The maximum Gasteiger partial charge on any atom is 0.0540 e. The summed E-state index contributed by atoms with van der Waals surface area (Å²) in [4.78, 5) is 2.55. The largest absolute Gasteiger partial charge is 0.310 e. The summed E-state index contributed by atoms with van der Waals surface area (Å²) >= 11 is 0. The van der Waals surface area contributed by atoms with Crippen LogP contribution in [0.1, 0.15) is 106 Å².